The minimum atomic E-state index is 0.332. The summed E-state index contributed by atoms with van der Waals surface area (Å²) in [7, 11) is 0. The molecule has 0 bridgehead atoms. The number of hydrogen-bond acceptors (Lipinski definition) is 3. The fraction of sp³-hybridized carbons (Fsp3) is 0.562. The Balaban J connectivity index is 1.67. The van der Waals surface area contributed by atoms with Crippen molar-refractivity contribution in [1.82, 2.24) is 4.90 Å². The Bertz CT molecular complexity index is 474. The summed E-state index contributed by atoms with van der Waals surface area (Å²) >= 11 is 1.98. The lowest BCUT2D eigenvalue weighted by Gasteiger charge is -2.26. The molecule has 0 saturated carbocycles. The van der Waals surface area contributed by atoms with Gasteiger partial charge in [0.1, 0.15) is 5.78 Å². The number of benzene rings is 1. The summed E-state index contributed by atoms with van der Waals surface area (Å²) in [5.41, 5.74) is 1.51. The smallest absolute Gasteiger partial charge is 0.131 e. The van der Waals surface area contributed by atoms with Crippen molar-refractivity contribution in [3.63, 3.8) is 0 Å². The van der Waals surface area contributed by atoms with Crippen LogP contribution in [-0.2, 0) is 4.79 Å². The van der Waals surface area contributed by atoms with Crippen LogP contribution in [0.4, 0.5) is 0 Å². The molecular weight excluding hydrogens is 254 g/mol. The fourth-order valence-corrected chi connectivity index (χ4v) is 4.60. The van der Waals surface area contributed by atoms with Gasteiger partial charge in [0.2, 0.25) is 0 Å². The molecule has 102 valence electrons. The van der Waals surface area contributed by atoms with Crippen LogP contribution in [0.2, 0.25) is 0 Å². The Morgan fingerprint density at radius 2 is 2.26 bits per heavy atom. The molecule has 2 aliphatic heterocycles. The molecule has 3 rings (SSSR count). The number of carbonyl (C=O) groups excluding carboxylic acids is 1. The summed E-state index contributed by atoms with van der Waals surface area (Å²) in [5.74, 6) is 2.18. The highest BCUT2D eigenvalue weighted by atomic mass is 32.2. The third-order valence-electron chi connectivity index (χ3n) is 4.28. The van der Waals surface area contributed by atoms with Gasteiger partial charge in [0.05, 0.1) is 0 Å². The van der Waals surface area contributed by atoms with E-state index in [-0.39, 0.29) is 0 Å². The van der Waals surface area contributed by atoms with Crippen molar-refractivity contribution in [3.8, 4) is 0 Å². The van der Waals surface area contributed by atoms with Crippen LogP contribution in [0.25, 0.3) is 0 Å². The summed E-state index contributed by atoms with van der Waals surface area (Å²) in [6.45, 7) is 4.01. The van der Waals surface area contributed by atoms with Crippen molar-refractivity contribution in [2.45, 2.75) is 43.0 Å². The predicted molar refractivity (Wildman–Crippen MR) is 79.8 cm³/mol. The molecule has 2 unspecified atom stereocenters. The molecule has 0 N–H and O–H groups in total. The number of fused-ring (bicyclic) bond motifs is 1. The van der Waals surface area contributed by atoms with E-state index in [1.165, 1.54) is 35.6 Å². The molecule has 1 aromatic rings. The highest BCUT2D eigenvalue weighted by Gasteiger charge is 2.30. The third kappa shape index (κ3) is 2.87. The van der Waals surface area contributed by atoms with Gasteiger partial charge >= 0.3 is 0 Å². The van der Waals surface area contributed by atoms with Crippen LogP contribution in [0.5, 0.6) is 0 Å². The standard InChI is InChI=1S/C16H21NOS/c1-12(18)9-14-5-4-8-17(14)10-13-11-19-16-7-3-2-6-15(13)16/h2-3,6-7,13-14H,4-5,8-11H2,1H3. The van der Waals surface area contributed by atoms with Crippen LogP contribution >= 0.6 is 11.8 Å². The van der Waals surface area contributed by atoms with E-state index >= 15 is 0 Å². The number of rotatable bonds is 4. The summed E-state index contributed by atoms with van der Waals surface area (Å²) in [6.07, 6.45) is 3.18. The summed E-state index contributed by atoms with van der Waals surface area (Å²) < 4.78 is 0. The van der Waals surface area contributed by atoms with Crippen LogP contribution in [0.1, 0.15) is 37.7 Å². The molecule has 0 aliphatic carbocycles. The van der Waals surface area contributed by atoms with E-state index < -0.39 is 0 Å². The zero-order chi connectivity index (χ0) is 13.2. The fourth-order valence-electron chi connectivity index (χ4n) is 3.36. The first-order valence-corrected chi connectivity index (χ1v) is 8.18. The molecule has 2 aliphatic rings. The van der Waals surface area contributed by atoms with Crippen LogP contribution in [0.3, 0.4) is 0 Å². The number of nitrogens with zero attached hydrogens (tertiary/aromatic N) is 1. The molecule has 0 amide bonds. The number of carbonyl (C=O) groups is 1. The first-order valence-electron chi connectivity index (χ1n) is 7.19. The topological polar surface area (TPSA) is 20.3 Å². The Kier molecular flexibility index (Phi) is 3.94. The molecule has 0 radical (unpaired) electrons. The van der Waals surface area contributed by atoms with E-state index in [0.29, 0.717) is 17.7 Å². The molecule has 0 spiro atoms. The molecule has 2 heterocycles. The number of thioether (sulfide) groups is 1. The molecular formula is C16H21NOS. The van der Waals surface area contributed by atoms with Crippen LogP contribution in [0, 0.1) is 0 Å². The molecule has 1 aromatic carbocycles. The van der Waals surface area contributed by atoms with Crippen LogP contribution in [0.15, 0.2) is 29.2 Å². The second kappa shape index (κ2) is 5.68. The highest BCUT2D eigenvalue weighted by molar-refractivity contribution is 7.99. The number of likely N-dealkylation sites (tertiary alicyclic amines) is 1. The summed E-state index contributed by atoms with van der Waals surface area (Å²) in [4.78, 5) is 15.4. The summed E-state index contributed by atoms with van der Waals surface area (Å²) in [6, 6.07) is 9.28. The minimum absolute atomic E-state index is 0.332. The van der Waals surface area contributed by atoms with E-state index in [9.17, 15) is 4.79 Å². The Labute approximate surface area is 119 Å². The average Bonchev–Trinajstić information content (AvgIpc) is 2.98. The first-order chi connectivity index (χ1) is 9.24. The minimum Gasteiger partial charge on any atom is -0.300 e. The van der Waals surface area contributed by atoms with Crippen molar-refractivity contribution in [2.75, 3.05) is 18.8 Å². The van der Waals surface area contributed by atoms with E-state index in [1.54, 1.807) is 6.92 Å². The molecule has 2 nitrogen and oxygen atoms in total. The van der Waals surface area contributed by atoms with Gasteiger partial charge in [-0.25, -0.2) is 0 Å². The SMILES string of the molecule is CC(=O)CC1CCCN1CC1CSc2ccccc21. The van der Waals surface area contributed by atoms with Crippen LogP contribution in [-0.4, -0.2) is 35.6 Å². The Morgan fingerprint density at radius 1 is 1.42 bits per heavy atom. The summed E-state index contributed by atoms with van der Waals surface area (Å²) in [5, 5.41) is 0. The van der Waals surface area contributed by atoms with Crippen LogP contribution < -0.4 is 0 Å². The highest BCUT2D eigenvalue weighted by Crippen LogP contribution is 2.40. The molecule has 19 heavy (non-hydrogen) atoms. The van der Waals surface area contributed by atoms with E-state index in [4.69, 9.17) is 0 Å². The maximum absolute atomic E-state index is 11.4. The normalized spacial score (nSPS) is 26.6. The molecule has 1 fully saturated rings. The number of hydrogen-bond donors (Lipinski definition) is 0. The molecule has 2 atom stereocenters. The Morgan fingerprint density at radius 3 is 3.11 bits per heavy atom. The lowest BCUT2D eigenvalue weighted by atomic mass is 10.00. The van der Waals surface area contributed by atoms with E-state index in [0.717, 1.165) is 13.0 Å². The zero-order valence-corrected chi connectivity index (χ0v) is 12.3. The van der Waals surface area contributed by atoms with Gasteiger partial charge in [-0.15, -0.1) is 11.8 Å². The molecule has 1 saturated heterocycles. The van der Waals surface area contributed by atoms with Gasteiger partial charge in [-0.05, 0) is 37.9 Å². The van der Waals surface area contributed by atoms with Gasteiger partial charge in [-0.2, -0.15) is 0 Å². The van der Waals surface area contributed by atoms with Crippen molar-refractivity contribution in [2.24, 2.45) is 0 Å². The van der Waals surface area contributed by atoms with E-state index in [1.807, 2.05) is 11.8 Å². The largest absolute Gasteiger partial charge is 0.300 e. The number of ketones is 1. The zero-order valence-electron chi connectivity index (χ0n) is 11.5. The molecule has 0 aromatic heterocycles. The van der Waals surface area contributed by atoms with Crippen molar-refractivity contribution in [3.05, 3.63) is 29.8 Å². The predicted octanol–water partition coefficient (Wildman–Crippen LogP) is 3.32. The van der Waals surface area contributed by atoms with Gasteiger partial charge in [-0.1, -0.05) is 18.2 Å². The Hall–Kier alpha value is -0.800. The second-order valence-corrected chi connectivity index (χ2v) is 6.80. The van der Waals surface area contributed by atoms with Crippen molar-refractivity contribution < 1.29 is 4.79 Å². The van der Waals surface area contributed by atoms with Gasteiger partial charge in [-0.3, -0.25) is 9.69 Å². The van der Waals surface area contributed by atoms with Gasteiger partial charge in [0.25, 0.3) is 0 Å². The lowest BCUT2D eigenvalue weighted by Crippen LogP contribution is -2.34. The van der Waals surface area contributed by atoms with E-state index in [2.05, 4.69) is 29.2 Å². The van der Waals surface area contributed by atoms with Gasteiger partial charge in [0, 0.05) is 35.6 Å². The maximum atomic E-state index is 11.4. The maximum Gasteiger partial charge on any atom is 0.131 e. The first kappa shape index (κ1) is 13.2. The van der Waals surface area contributed by atoms with Crippen molar-refractivity contribution in [1.29, 1.82) is 0 Å². The third-order valence-corrected chi connectivity index (χ3v) is 5.53. The monoisotopic (exact) mass is 275 g/mol. The molecule has 3 heteroatoms. The number of Topliss-reactive ketones (excluding diaryl/α,β-unsaturated/α-hetero) is 1. The lowest BCUT2D eigenvalue weighted by molar-refractivity contribution is -0.118. The van der Waals surface area contributed by atoms with Crippen molar-refractivity contribution >= 4 is 17.5 Å². The van der Waals surface area contributed by atoms with Gasteiger partial charge in [0.15, 0.2) is 0 Å². The average molecular weight is 275 g/mol. The van der Waals surface area contributed by atoms with Gasteiger partial charge < -0.3 is 0 Å². The second-order valence-electron chi connectivity index (χ2n) is 5.74. The quantitative estimate of drug-likeness (QED) is 0.841.